The normalized spacial score (nSPS) is 15.2. The Balaban J connectivity index is 1.58. The van der Waals surface area contributed by atoms with Crippen LogP contribution in [0, 0.1) is 13.8 Å². The number of hydrogen-bond donors (Lipinski definition) is 2. The lowest BCUT2D eigenvalue weighted by molar-refractivity contribution is -0.120. The number of nitrogens with zero attached hydrogens (tertiary/aromatic N) is 4. The van der Waals surface area contributed by atoms with Crippen LogP contribution in [0.4, 0.5) is 5.82 Å². The average molecular weight is 328 g/mol. The highest BCUT2D eigenvalue weighted by Gasteiger charge is 2.15. The first kappa shape index (κ1) is 16.4. The zero-order valence-electron chi connectivity index (χ0n) is 14.2. The van der Waals surface area contributed by atoms with Gasteiger partial charge in [0.25, 0.3) is 0 Å². The largest absolute Gasteiger partial charge is 0.360 e. The molecule has 1 saturated carbocycles. The van der Waals surface area contributed by atoms with Gasteiger partial charge in [0, 0.05) is 11.7 Å². The van der Waals surface area contributed by atoms with Crippen molar-refractivity contribution in [1.29, 1.82) is 0 Å². The number of aromatic nitrogens is 4. The Morgan fingerprint density at radius 2 is 2.04 bits per heavy atom. The minimum absolute atomic E-state index is 0.000201. The Bertz CT molecular complexity index is 705. The van der Waals surface area contributed by atoms with Crippen LogP contribution in [0.5, 0.6) is 0 Å². The summed E-state index contributed by atoms with van der Waals surface area (Å²) in [5.74, 6) is 1.21. The second-order valence-electron chi connectivity index (χ2n) is 6.36. The van der Waals surface area contributed by atoms with E-state index in [0.717, 1.165) is 24.2 Å². The monoisotopic (exact) mass is 328 g/mol. The maximum absolute atomic E-state index is 12.1. The predicted octanol–water partition coefficient (Wildman–Crippen LogP) is 2.14. The average Bonchev–Trinajstić information content (AvgIpc) is 2.93. The van der Waals surface area contributed by atoms with Crippen LogP contribution in [-0.4, -0.2) is 38.2 Å². The molecule has 0 unspecified atom stereocenters. The number of aryl methyl sites for hydroxylation is 2. The van der Waals surface area contributed by atoms with Gasteiger partial charge in [0.2, 0.25) is 5.91 Å². The van der Waals surface area contributed by atoms with Gasteiger partial charge in [-0.1, -0.05) is 19.3 Å². The zero-order chi connectivity index (χ0) is 16.9. The molecule has 0 spiro atoms. The van der Waals surface area contributed by atoms with Crippen LogP contribution in [0.3, 0.4) is 0 Å². The molecular formula is C17H24N6O. The quantitative estimate of drug-likeness (QED) is 0.878. The lowest BCUT2D eigenvalue weighted by atomic mass is 9.95. The molecule has 7 heteroatoms. The molecule has 1 aliphatic rings. The second-order valence-corrected chi connectivity index (χ2v) is 6.36. The zero-order valence-corrected chi connectivity index (χ0v) is 14.2. The molecule has 1 aliphatic carbocycles. The van der Waals surface area contributed by atoms with Gasteiger partial charge in [-0.25, -0.2) is 9.67 Å². The van der Waals surface area contributed by atoms with Crippen molar-refractivity contribution < 1.29 is 4.79 Å². The topological polar surface area (TPSA) is 84.7 Å². The van der Waals surface area contributed by atoms with Gasteiger partial charge in [-0.2, -0.15) is 5.10 Å². The highest BCUT2D eigenvalue weighted by molar-refractivity contribution is 5.80. The van der Waals surface area contributed by atoms with E-state index in [1.165, 1.54) is 19.3 Å². The Morgan fingerprint density at radius 1 is 1.25 bits per heavy atom. The van der Waals surface area contributed by atoms with Crippen LogP contribution < -0.4 is 10.6 Å². The Morgan fingerprint density at radius 3 is 2.75 bits per heavy atom. The molecule has 0 atom stereocenters. The third-order valence-electron chi connectivity index (χ3n) is 4.25. The van der Waals surface area contributed by atoms with Gasteiger partial charge in [0.1, 0.15) is 5.82 Å². The Kier molecular flexibility index (Phi) is 5.08. The van der Waals surface area contributed by atoms with Gasteiger partial charge in [-0.05, 0) is 32.8 Å². The summed E-state index contributed by atoms with van der Waals surface area (Å²) in [6.45, 7) is 4.11. The van der Waals surface area contributed by atoms with Gasteiger partial charge in [-0.3, -0.25) is 9.78 Å². The van der Waals surface area contributed by atoms with Crippen LogP contribution >= 0.6 is 0 Å². The van der Waals surface area contributed by atoms with Gasteiger partial charge in [-0.15, -0.1) is 0 Å². The second kappa shape index (κ2) is 7.42. The van der Waals surface area contributed by atoms with E-state index < -0.39 is 0 Å². The van der Waals surface area contributed by atoms with E-state index in [-0.39, 0.29) is 12.5 Å². The van der Waals surface area contributed by atoms with E-state index >= 15 is 0 Å². The number of carbonyl (C=O) groups is 1. The van der Waals surface area contributed by atoms with Crippen LogP contribution in [0.25, 0.3) is 5.82 Å². The number of amides is 1. The van der Waals surface area contributed by atoms with Crippen molar-refractivity contribution in [3.8, 4) is 5.82 Å². The predicted molar refractivity (Wildman–Crippen MR) is 92.1 cm³/mol. The van der Waals surface area contributed by atoms with Crippen LogP contribution in [0.1, 0.15) is 43.5 Å². The summed E-state index contributed by atoms with van der Waals surface area (Å²) in [6, 6.07) is 2.31. The van der Waals surface area contributed by atoms with E-state index in [9.17, 15) is 4.79 Å². The van der Waals surface area contributed by atoms with Gasteiger partial charge in [0.15, 0.2) is 5.82 Å². The minimum Gasteiger partial charge on any atom is -0.360 e. The smallest absolute Gasteiger partial charge is 0.239 e. The minimum atomic E-state index is 0.000201. The summed E-state index contributed by atoms with van der Waals surface area (Å²) in [4.78, 5) is 20.7. The van der Waals surface area contributed by atoms with Crippen molar-refractivity contribution in [2.24, 2.45) is 0 Å². The maximum Gasteiger partial charge on any atom is 0.239 e. The van der Waals surface area contributed by atoms with Crippen LogP contribution in [0.2, 0.25) is 0 Å². The summed E-state index contributed by atoms with van der Waals surface area (Å²) < 4.78 is 1.75. The summed E-state index contributed by atoms with van der Waals surface area (Å²) in [5, 5.41) is 10.5. The number of hydrogen-bond acceptors (Lipinski definition) is 5. The molecular weight excluding hydrogens is 304 g/mol. The van der Waals surface area contributed by atoms with Crippen molar-refractivity contribution in [2.75, 3.05) is 11.9 Å². The summed E-state index contributed by atoms with van der Waals surface area (Å²) in [5.41, 5.74) is 1.92. The van der Waals surface area contributed by atoms with E-state index in [2.05, 4.69) is 25.7 Å². The first-order chi connectivity index (χ1) is 11.6. The first-order valence-corrected chi connectivity index (χ1v) is 8.51. The molecule has 0 saturated heterocycles. The molecule has 0 aliphatic heterocycles. The SMILES string of the molecule is Cc1cc(C)n(-c2cncc(NCC(=O)NC3CCCCC3)n2)n1. The van der Waals surface area contributed by atoms with Crippen molar-refractivity contribution in [3.63, 3.8) is 0 Å². The number of anilines is 1. The molecule has 0 aromatic carbocycles. The van der Waals surface area contributed by atoms with Crippen molar-refractivity contribution >= 4 is 11.7 Å². The molecule has 128 valence electrons. The first-order valence-electron chi connectivity index (χ1n) is 8.51. The van der Waals surface area contributed by atoms with E-state index in [1.54, 1.807) is 17.1 Å². The van der Waals surface area contributed by atoms with E-state index in [1.807, 2.05) is 19.9 Å². The molecule has 0 radical (unpaired) electrons. The van der Waals surface area contributed by atoms with Gasteiger partial charge in [0.05, 0.1) is 24.6 Å². The van der Waals surface area contributed by atoms with Gasteiger partial charge < -0.3 is 10.6 Å². The van der Waals surface area contributed by atoms with Crippen molar-refractivity contribution in [3.05, 3.63) is 29.8 Å². The summed E-state index contributed by atoms with van der Waals surface area (Å²) in [7, 11) is 0. The van der Waals surface area contributed by atoms with Crippen LogP contribution in [0.15, 0.2) is 18.5 Å². The summed E-state index contributed by atoms with van der Waals surface area (Å²) in [6.07, 6.45) is 9.12. The summed E-state index contributed by atoms with van der Waals surface area (Å²) >= 11 is 0. The third-order valence-corrected chi connectivity index (χ3v) is 4.25. The molecule has 7 nitrogen and oxygen atoms in total. The van der Waals surface area contributed by atoms with Crippen molar-refractivity contribution in [1.82, 2.24) is 25.1 Å². The maximum atomic E-state index is 12.1. The number of carbonyl (C=O) groups excluding carboxylic acids is 1. The molecule has 1 amide bonds. The van der Waals surface area contributed by atoms with E-state index in [0.29, 0.717) is 17.7 Å². The number of rotatable bonds is 5. The van der Waals surface area contributed by atoms with Gasteiger partial charge >= 0.3 is 0 Å². The molecule has 2 heterocycles. The fraction of sp³-hybridized carbons (Fsp3) is 0.529. The van der Waals surface area contributed by atoms with E-state index in [4.69, 9.17) is 0 Å². The molecule has 3 rings (SSSR count). The third kappa shape index (κ3) is 4.10. The number of nitrogens with one attached hydrogen (secondary N) is 2. The molecule has 1 fully saturated rings. The molecule has 2 N–H and O–H groups in total. The molecule has 24 heavy (non-hydrogen) atoms. The lowest BCUT2D eigenvalue weighted by Gasteiger charge is -2.22. The molecule has 2 aromatic heterocycles. The Labute approximate surface area is 141 Å². The highest BCUT2D eigenvalue weighted by atomic mass is 16.2. The molecule has 0 bridgehead atoms. The lowest BCUT2D eigenvalue weighted by Crippen LogP contribution is -2.39. The Hall–Kier alpha value is -2.44. The fourth-order valence-electron chi connectivity index (χ4n) is 3.10. The highest BCUT2D eigenvalue weighted by Crippen LogP contribution is 2.17. The molecule has 2 aromatic rings. The standard InChI is InChI=1S/C17H24N6O/c1-12-8-13(2)23(22-12)16-10-18-9-15(21-16)19-11-17(24)20-14-6-4-3-5-7-14/h8-10,14H,3-7,11H2,1-2H3,(H,19,21)(H,20,24). The van der Waals surface area contributed by atoms with Crippen LogP contribution in [-0.2, 0) is 4.79 Å². The fourth-order valence-corrected chi connectivity index (χ4v) is 3.10. The van der Waals surface area contributed by atoms with Crippen molar-refractivity contribution in [2.45, 2.75) is 52.0 Å².